The molecular weight excluding hydrogens is 478 g/mol. The number of nitrogens with zero attached hydrogens (tertiary/aromatic N) is 4. The Morgan fingerprint density at radius 3 is 2.45 bits per heavy atom. The second-order valence-corrected chi connectivity index (χ2v) is 7.61. The van der Waals surface area contributed by atoms with Crippen LogP contribution in [-0.4, -0.2) is 30.8 Å². The molecule has 0 saturated heterocycles. The van der Waals surface area contributed by atoms with Crippen molar-refractivity contribution < 1.29 is 4.79 Å². The average Bonchev–Trinajstić information content (AvgIpc) is 3.26. The number of anilines is 1. The first kappa shape index (κ1) is 20.6. The van der Waals surface area contributed by atoms with E-state index in [0.717, 1.165) is 15.7 Å². The number of halogens is 1. The van der Waals surface area contributed by atoms with E-state index in [4.69, 9.17) is 12.2 Å². The van der Waals surface area contributed by atoms with Gasteiger partial charge >= 0.3 is 5.91 Å². The molecule has 0 spiro atoms. The highest BCUT2D eigenvalue weighted by molar-refractivity contribution is 9.10. The number of hydrogen-bond acceptors (Lipinski definition) is 5. The second kappa shape index (κ2) is 9.45. The lowest BCUT2D eigenvalue weighted by molar-refractivity contribution is 0.0934. The summed E-state index contributed by atoms with van der Waals surface area (Å²) in [6, 6.07) is 20.6. The maximum absolute atomic E-state index is 12.7. The van der Waals surface area contributed by atoms with Gasteiger partial charge in [0.1, 0.15) is 0 Å². The highest BCUT2D eigenvalue weighted by Crippen LogP contribution is 2.20. The molecule has 0 atom stereocenters. The van der Waals surface area contributed by atoms with Gasteiger partial charge in [-0.3, -0.25) is 20.6 Å². The summed E-state index contributed by atoms with van der Waals surface area (Å²) in [4.78, 5) is 21.2. The molecule has 4 aromatic rings. The summed E-state index contributed by atoms with van der Waals surface area (Å²) in [7, 11) is 0. The predicted molar refractivity (Wildman–Crippen MR) is 126 cm³/mol. The fourth-order valence-electron chi connectivity index (χ4n) is 2.71. The normalized spacial score (nSPS) is 10.4. The van der Waals surface area contributed by atoms with Gasteiger partial charge in [0.05, 0.1) is 11.9 Å². The minimum Gasteiger partial charge on any atom is -0.331 e. The second-order valence-electron chi connectivity index (χ2n) is 6.29. The Labute approximate surface area is 191 Å². The number of hydrogen-bond donors (Lipinski definition) is 3. The van der Waals surface area contributed by atoms with Gasteiger partial charge in [0, 0.05) is 21.9 Å². The van der Waals surface area contributed by atoms with Crippen LogP contribution in [-0.2, 0) is 0 Å². The van der Waals surface area contributed by atoms with Gasteiger partial charge in [-0.25, -0.2) is 9.67 Å². The maximum atomic E-state index is 12.7. The minimum atomic E-state index is -0.528. The van der Waals surface area contributed by atoms with E-state index in [-0.39, 0.29) is 10.9 Å². The Hall–Kier alpha value is -3.63. The monoisotopic (exact) mass is 493 g/mol. The van der Waals surface area contributed by atoms with E-state index in [2.05, 4.69) is 47.2 Å². The van der Waals surface area contributed by atoms with Crippen molar-refractivity contribution in [3.8, 4) is 17.1 Å². The van der Waals surface area contributed by atoms with E-state index in [1.54, 1.807) is 23.1 Å². The molecule has 0 fully saturated rings. The van der Waals surface area contributed by atoms with Gasteiger partial charge in [0.15, 0.2) is 10.9 Å². The Morgan fingerprint density at radius 2 is 1.74 bits per heavy atom. The van der Waals surface area contributed by atoms with Gasteiger partial charge in [-0.1, -0.05) is 46.3 Å². The fourth-order valence-corrected chi connectivity index (χ4v) is 3.14. The number of pyridine rings is 1. The third-order valence-electron chi connectivity index (χ3n) is 4.12. The van der Waals surface area contributed by atoms with Crippen molar-refractivity contribution in [2.75, 3.05) is 5.32 Å². The van der Waals surface area contributed by atoms with Crippen LogP contribution in [0.25, 0.3) is 17.1 Å². The van der Waals surface area contributed by atoms with E-state index in [1.807, 2.05) is 60.7 Å². The lowest BCUT2D eigenvalue weighted by atomic mass is 10.2. The molecule has 1 amide bonds. The van der Waals surface area contributed by atoms with Gasteiger partial charge in [-0.05, 0) is 48.6 Å². The zero-order chi connectivity index (χ0) is 21.6. The van der Waals surface area contributed by atoms with Crippen molar-refractivity contribution in [2.24, 2.45) is 0 Å². The van der Waals surface area contributed by atoms with Crippen LogP contribution in [0.1, 0.15) is 10.6 Å². The van der Waals surface area contributed by atoms with Gasteiger partial charge in [-0.15, -0.1) is 5.10 Å². The molecule has 2 aromatic carbocycles. The first-order valence-corrected chi connectivity index (χ1v) is 10.4. The summed E-state index contributed by atoms with van der Waals surface area (Å²) in [6.07, 6.45) is 3.32. The molecule has 31 heavy (non-hydrogen) atoms. The third-order valence-corrected chi connectivity index (χ3v) is 4.86. The molecule has 4 rings (SSSR count). The molecule has 2 aromatic heterocycles. The van der Waals surface area contributed by atoms with Crippen molar-refractivity contribution in [3.63, 3.8) is 0 Å². The van der Waals surface area contributed by atoms with Crippen molar-refractivity contribution in [2.45, 2.75) is 0 Å². The molecule has 0 aliphatic carbocycles. The Morgan fingerprint density at radius 1 is 0.968 bits per heavy atom. The molecule has 0 bridgehead atoms. The van der Waals surface area contributed by atoms with E-state index >= 15 is 0 Å². The predicted octanol–water partition coefficient (Wildman–Crippen LogP) is 3.72. The molecule has 3 N–H and O–H groups in total. The molecule has 0 unspecified atom stereocenters. The molecule has 0 radical (unpaired) electrons. The summed E-state index contributed by atoms with van der Waals surface area (Å²) >= 11 is 8.59. The summed E-state index contributed by atoms with van der Waals surface area (Å²) in [5, 5.41) is 7.58. The minimum absolute atomic E-state index is 0.0124. The van der Waals surface area contributed by atoms with Crippen LogP contribution in [0.5, 0.6) is 0 Å². The molecule has 0 aliphatic heterocycles. The zero-order valence-corrected chi connectivity index (χ0v) is 18.4. The first-order valence-electron chi connectivity index (χ1n) is 9.16. The largest absolute Gasteiger partial charge is 0.331 e. The number of nitrogens with one attached hydrogen (secondary N) is 3. The number of amides is 1. The third kappa shape index (κ3) is 5.11. The quantitative estimate of drug-likeness (QED) is 0.294. The molecule has 2 heterocycles. The number of rotatable bonds is 4. The van der Waals surface area contributed by atoms with E-state index in [1.165, 1.54) is 0 Å². The Balaban J connectivity index is 1.51. The number of carbonyl (C=O) groups is 1. The van der Waals surface area contributed by atoms with Gasteiger partial charge in [-0.2, -0.15) is 0 Å². The average molecular weight is 494 g/mol. The topological polar surface area (TPSA) is 96.8 Å². The number of hydrazine groups is 1. The molecular formula is C21H16BrN7OS. The lowest BCUT2D eigenvalue weighted by Gasteiger charge is -2.10. The van der Waals surface area contributed by atoms with Crippen LogP contribution in [0.4, 0.5) is 5.69 Å². The molecule has 0 saturated carbocycles. The van der Waals surface area contributed by atoms with Crippen molar-refractivity contribution in [1.82, 2.24) is 30.6 Å². The van der Waals surface area contributed by atoms with Crippen LogP contribution >= 0.6 is 28.1 Å². The Kier molecular flexibility index (Phi) is 6.29. The van der Waals surface area contributed by atoms with Gasteiger partial charge in [0.2, 0.25) is 5.82 Å². The summed E-state index contributed by atoms with van der Waals surface area (Å²) in [5.74, 6) is -0.0178. The fraction of sp³-hybridized carbons (Fsp3) is 0. The molecule has 10 heteroatoms. The first-order chi connectivity index (χ1) is 15.1. The highest BCUT2D eigenvalue weighted by Gasteiger charge is 2.19. The highest BCUT2D eigenvalue weighted by atomic mass is 79.9. The number of carbonyl (C=O) groups excluding carboxylic acids is 1. The van der Waals surface area contributed by atoms with Crippen LogP contribution in [0.2, 0.25) is 0 Å². The standard InChI is InChI=1S/C21H16BrN7OS/c22-15-8-10-16(11-9-15)24-21(31)27-26-20(30)18-25-19(14-5-2-1-3-6-14)29(28-18)17-7-4-12-23-13-17/h1-13H,(H,26,30)(H2,24,27,31). The van der Waals surface area contributed by atoms with Crippen molar-refractivity contribution >= 4 is 44.9 Å². The Bertz CT molecular complexity index is 1140. The van der Waals surface area contributed by atoms with Gasteiger partial charge < -0.3 is 5.32 Å². The van der Waals surface area contributed by atoms with Crippen LogP contribution in [0.15, 0.2) is 83.6 Å². The summed E-state index contributed by atoms with van der Waals surface area (Å²) in [6.45, 7) is 0. The number of aromatic nitrogens is 4. The lowest BCUT2D eigenvalue weighted by Crippen LogP contribution is -2.44. The molecule has 0 aliphatic rings. The summed E-state index contributed by atoms with van der Waals surface area (Å²) < 4.78 is 2.53. The van der Waals surface area contributed by atoms with Crippen molar-refractivity contribution in [1.29, 1.82) is 0 Å². The zero-order valence-electron chi connectivity index (χ0n) is 16.0. The molecule has 8 nitrogen and oxygen atoms in total. The number of thiocarbonyl (C=S) groups is 1. The van der Waals surface area contributed by atoms with Crippen LogP contribution < -0.4 is 16.2 Å². The SMILES string of the molecule is O=C(NNC(=S)Nc1ccc(Br)cc1)c1nc(-c2ccccc2)n(-c2cccnc2)n1. The van der Waals surface area contributed by atoms with E-state index in [9.17, 15) is 4.79 Å². The van der Waals surface area contributed by atoms with Crippen LogP contribution in [0, 0.1) is 0 Å². The number of benzene rings is 2. The summed E-state index contributed by atoms with van der Waals surface area (Å²) in [5.41, 5.74) is 7.46. The van der Waals surface area contributed by atoms with Crippen LogP contribution in [0.3, 0.4) is 0 Å². The van der Waals surface area contributed by atoms with Gasteiger partial charge in [0.25, 0.3) is 0 Å². The maximum Gasteiger partial charge on any atom is 0.309 e. The smallest absolute Gasteiger partial charge is 0.309 e. The van der Waals surface area contributed by atoms with Crippen molar-refractivity contribution in [3.05, 3.63) is 89.4 Å². The van der Waals surface area contributed by atoms with E-state index < -0.39 is 5.91 Å². The van der Waals surface area contributed by atoms with E-state index in [0.29, 0.717) is 11.5 Å². The molecule has 154 valence electrons.